The van der Waals surface area contributed by atoms with Gasteiger partial charge in [0.1, 0.15) is 12.6 Å². The number of unbranched alkanes of at least 4 members (excludes halogenated alkanes) is 1. The van der Waals surface area contributed by atoms with E-state index in [2.05, 4.69) is 5.32 Å². The molecule has 1 atom stereocenters. The summed E-state index contributed by atoms with van der Waals surface area (Å²) in [6, 6.07) is 10.0. The second kappa shape index (κ2) is 12.3. The molecule has 1 fully saturated rings. The number of esters is 1. The monoisotopic (exact) mass is 377 g/mol. The van der Waals surface area contributed by atoms with E-state index in [1.165, 1.54) is 6.42 Å². The van der Waals surface area contributed by atoms with Crippen molar-refractivity contribution >= 4 is 12.1 Å². The fraction of sp³-hybridized carbons (Fsp3) is 0.619. The van der Waals surface area contributed by atoms with Gasteiger partial charge in [0.2, 0.25) is 0 Å². The van der Waals surface area contributed by atoms with Crippen molar-refractivity contribution in [2.75, 3.05) is 19.8 Å². The van der Waals surface area contributed by atoms with Crippen molar-refractivity contribution < 1.29 is 23.8 Å². The minimum absolute atomic E-state index is 0.0203. The third-order valence-electron chi connectivity index (χ3n) is 4.64. The van der Waals surface area contributed by atoms with Gasteiger partial charge in [-0.3, -0.25) is 4.79 Å². The molecule has 6 heteroatoms. The van der Waals surface area contributed by atoms with Gasteiger partial charge < -0.3 is 19.5 Å². The van der Waals surface area contributed by atoms with Crippen LogP contribution in [0.2, 0.25) is 0 Å². The average Bonchev–Trinajstić information content (AvgIpc) is 2.70. The molecule has 1 amide bonds. The fourth-order valence-electron chi connectivity index (χ4n) is 3.04. The molecule has 0 heterocycles. The topological polar surface area (TPSA) is 73.9 Å². The molecule has 0 aromatic heterocycles. The molecule has 0 bridgehead atoms. The largest absolute Gasteiger partial charge is 0.464 e. The van der Waals surface area contributed by atoms with Crippen LogP contribution in [0.15, 0.2) is 30.3 Å². The zero-order valence-electron chi connectivity index (χ0n) is 16.2. The number of nitrogens with one attached hydrogen (secondary N) is 1. The van der Waals surface area contributed by atoms with Gasteiger partial charge in [0, 0.05) is 6.61 Å². The molecule has 0 spiro atoms. The Morgan fingerprint density at radius 2 is 1.78 bits per heavy atom. The van der Waals surface area contributed by atoms with E-state index < -0.39 is 12.1 Å². The molecule has 150 valence electrons. The minimum Gasteiger partial charge on any atom is -0.464 e. The first-order chi connectivity index (χ1) is 13.1. The second-order valence-corrected chi connectivity index (χ2v) is 6.87. The molecule has 1 aliphatic carbocycles. The third-order valence-corrected chi connectivity index (χ3v) is 4.64. The highest BCUT2D eigenvalue weighted by atomic mass is 16.6. The summed E-state index contributed by atoms with van der Waals surface area (Å²) in [5.41, 5.74) is 1.15. The number of ether oxygens (including phenoxy) is 3. The summed E-state index contributed by atoms with van der Waals surface area (Å²) in [7, 11) is 0. The van der Waals surface area contributed by atoms with E-state index in [4.69, 9.17) is 14.2 Å². The van der Waals surface area contributed by atoms with Gasteiger partial charge >= 0.3 is 12.1 Å². The molecule has 0 radical (unpaired) electrons. The van der Waals surface area contributed by atoms with Crippen LogP contribution in [0.1, 0.15) is 63.5 Å². The lowest BCUT2D eigenvalue weighted by Crippen LogP contribution is -2.34. The molecule has 0 aliphatic heterocycles. The Balaban J connectivity index is 1.45. The highest BCUT2D eigenvalue weighted by Gasteiger charge is 2.18. The van der Waals surface area contributed by atoms with Crippen LogP contribution in [0.4, 0.5) is 4.79 Å². The quantitative estimate of drug-likeness (QED) is 0.490. The maximum absolute atomic E-state index is 11.7. The summed E-state index contributed by atoms with van der Waals surface area (Å²) in [6.07, 6.45) is 6.21. The van der Waals surface area contributed by atoms with Crippen molar-refractivity contribution in [3.05, 3.63) is 35.9 Å². The van der Waals surface area contributed by atoms with E-state index in [9.17, 15) is 9.59 Å². The van der Waals surface area contributed by atoms with Crippen molar-refractivity contribution in [1.29, 1.82) is 0 Å². The molecule has 1 aliphatic rings. The summed E-state index contributed by atoms with van der Waals surface area (Å²) < 4.78 is 16.2. The summed E-state index contributed by atoms with van der Waals surface area (Å²) in [4.78, 5) is 23.3. The number of amides is 1. The van der Waals surface area contributed by atoms with Crippen molar-refractivity contribution in [2.45, 2.75) is 64.1 Å². The van der Waals surface area contributed by atoms with Crippen molar-refractivity contribution in [1.82, 2.24) is 5.32 Å². The van der Waals surface area contributed by atoms with Gasteiger partial charge in [-0.25, -0.2) is 4.79 Å². The first kappa shape index (κ1) is 21.2. The summed E-state index contributed by atoms with van der Waals surface area (Å²) in [6.45, 7) is 2.79. The van der Waals surface area contributed by atoms with Crippen molar-refractivity contribution in [3.8, 4) is 0 Å². The third kappa shape index (κ3) is 8.91. The Hall–Kier alpha value is -2.08. The van der Waals surface area contributed by atoms with Gasteiger partial charge in [-0.1, -0.05) is 36.8 Å². The van der Waals surface area contributed by atoms with E-state index in [-0.39, 0.29) is 18.8 Å². The number of hydrogen-bond donors (Lipinski definition) is 1. The van der Waals surface area contributed by atoms with Crippen LogP contribution in [-0.4, -0.2) is 37.9 Å². The highest BCUT2D eigenvalue weighted by molar-refractivity contribution is 5.77. The van der Waals surface area contributed by atoms with Crippen LogP contribution in [0.5, 0.6) is 0 Å². The molecule has 0 saturated heterocycles. The smallest absolute Gasteiger partial charge is 0.407 e. The number of carbonyl (C=O) groups excluding carboxylic acids is 2. The molecule has 27 heavy (non-hydrogen) atoms. The normalized spacial score (nSPS) is 15.7. The number of benzene rings is 1. The predicted octanol–water partition coefficient (Wildman–Crippen LogP) is 4.15. The standard InChI is InChI=1S/C21H31NO5/c1-17(18-10-4-2-5-11-18)25-14-8-9-15-26-20(23)16-22-21(24)27-19-12-6-3-7-13-19/h2,4-5,10-11,17,19H,3,6-9,12-16H2,1H3,(H,22,24). The molecular weight excluding hydrogens is 346 g/mol. The number of carbonyl (C=O) groups is 2. The van der Waals surface area contributed by atoms with Crippen molar-refractivity contribution in [2.24, 2.45) is 0 Å². The lowest BCUT2D eigenvalue weighted by Gasteiger charge is -2.21. The Kier molecular flexibility index (Phi) is 9.69. The summed E-state index contributed by atoms with van der Waals surface area (Å²) >= 11 is 0. The first-order valence-corrected chi connectivity index (χ1v) is 9.92. The van der Waals surface area contributed by atoms with Crippen LogP contribution in [-0.2, 0) is 19.0 Å². The van der Waals surface area contributed by atoms with Gasteiger partial charge in [-0.05, 0) is 51.0 Å². The SMILES string of the molecule is CC(OCCCCOC(=O)CNC(=O)OC1CCCCC1)c1ccccc1. The average molecular weight is 377 g/mol. The van der Waals surface area contributed by atoms with Crippen molar-refractivity contribution in [3.63, 3.8) is 0 Å². The van der Waals surface area contributed by atoms with E-state index in [1.54, 1.807) is 0 Å². The minimum atomic E-state index is -0.540. The van der Waals surface area contributed by atoms with E-state index in [0.29, 0.717) is 13.2 Å². The molecule has 1 unspecified atom stereocenters. The van der Waals surface area contributed by atoms with E-state index in [1.807, 2.05) is 37.3 Å². The Morgan fingerprint density at radius 3 is 2.52 bits per heavy atom. The lowest BCUT2D eigenvalue weighted by molar-refractivity contribution is -0.142. The Bertz CT molecular complexity index is 557. The maximum Gasteiger partial charge on any atom is 0.407 e. The zero-order valence-corrected chi connectivity index (χ0v) is 16.2. The molecule has 6 nitrogen and oxygen atoms in total. The second-order valence-electron chi connectivity index (χ2n) is 6.87. The highest BCUT2D eigenvalue weighted by Crippen LogP contribution is 2.20. The molecule has 1 saturated carbocycles. The molecular formula is C21H31NO5. The van der Waals surface area contributed by atoms with Gasteiger partial charge in [-0.2, -0.15) is 0 Å². The number of hydrogen-bond acceptors (Lipinski definition) is 5. The van der Waals surface area contributed by atoms with Crippen LogP contribution in [0.3, 0.4) is 0 Å². The lowest BCUT2D eigenvalue weighted by atomic mass is 9.98. The van der Waals surface area contributed by atoms with Gasteiger partial charge in [0.15, 0.2) is 0 Å². The van der Waals surface area contributed by atoms with E-state index >= 15 is 0 Å². The summed E-state index contributed by atoms with van der Waals surface area (Å²) in [5.74, 6) is -0.450. The van der Waals surface area contributed by atoms with Crippen LogP contribution in [0, 0.1) is 0 Å². The van der Waals surface area contributed by atoms with Crippen LogP contribution >= 0.6 is 0 Å². The van der Waals surface area contributed by atoms with Crippen LogP contribution < -0.4 is 5.32 Å². The molecule has 2 rings (SSSR count). The predicted molar refractivity (Wildman–Crippen MR) is 102 cm³/mol. The molecule has 1 N–H and O–H groups in total. The molecule has 1 aromatic carbocycles. The Labute approximate surface area is 161 Å². The fourth-order valence-corrected chi connectivity index (χ4v) is 3.04. The first-order valence-electron chi connectivity index (χ1n) is 9.92. The maximum atomic E-state index is 11.7. The Morgan fingerprint density at radius 1 is 1.07 bits per heavy atom. The van der Waals surface area contributed by atoms with Gasteiger partial charge in [0.05, 0.1) is 12.7 Å². The van der Waals surface area contributed by atoms with E-state index in [0.717, 1.165) is 44.1 Å². The molecule has 1 aromatic rings. The summed E-state index contributed by atoms with van der Waals surface area (Å²) in [5, 5.41) is 2.45. The van der Waals surface area contributed by atoms with Gasteiger partial charge in [0.25, 0.3) is 0 Å². The van der Waals surface area contributed by atoms with Crippen LogP contribution in [0.25, 0.3) is 0 Å². The number of alkyl carbamates (subject to hydrolysis) is 1. The van der Waals surface area contributed by atoms with Gasteiger partial charge in [-0.15, -0.1) is 0 Å². The zero-order chi connectivity index (χ0) is 19.3. The number of rotatable bonds is 10.